The summed E-state index contributed by atoms with van der Waals surface area (Å²) in [7, 11) is -2.75. The summed E-state index contributed by atoms with van der Waals surface area (Å²) in [6, 6.07) is 16.1. The van der Waals surface area contributed by atoms with E-state index in [2.05, 4.69) is 5.32 Å². The second-order valence-electron chi connectivity index (χ2n) is 10.7. The maximum absolute atomic E-state index is 14.3. The molecule has 2 amide bonds. The van der Waals surface area contributed by atoms with Gasteiger partial charge in [-0.1, -0.05) is 67.1 Å². The number of methoxy groups -OCH3 is 1. The van der Waals surface area contributed by atoms with Crippen molar-refractivity contribution in [2.24, 2.45) is 0 Å². The van der Waals surface area contributed by atoms with Crippen molar-refractivity contribution in [2.75, 3.05) is 18.0 Å². The largest absolute Gasteiger partial charge is 0.497 e. The van der Waals surface area contributed by atoms with Crippen molar-refractivity contribution in [1.29, 1.82) is 0 Å². The van der Waals surface area contributed by atoms with Gasteiger partial charge in [-0.25, -0.2) is 8.42 Å². The zero-order valence-corrected chi connectivity index (χ0v) is 27.7. The molecule has 0 heterocycles. The molecule has 8 nitrogen and oxygen atoms in total. The van der Waals surface area contributed by atoms with E-state index in [4.69, 9.17) is 39.5 Å². The molecule has 3 aromatic rings. The molecule has 0 aliphatic heterocycles. The summed E-state index contributed by atoms with van der Waals surface area (Å²) < 4.78 is 34.3. The second kappa shape index (κ2) is 15.3. The fourth-order valence-corrected chi connectivity index (χ4v) is 7.32. The minimum Gasteiger partial charge on any atom is -0.497 e. The van der Waals surface area contributed by atoms with Gasteiger partial charge in [-0.05, 0) is 85.5 Å². The molecule has 3 aromatic carbocycles. The Bertz CT molecular complexity index is 1550. The summed E-state index contributed by atoms with van der Waals surface area (Å²) in [6.45, 7) is 1.22. The van der Waals surface area contributed by atoms with E-state index in [9.17, 15) is 18.0 Å². The summed E-state index contributed by atoms with van der Waals surface area (Å²) in [5, 5.41) is 4.30. The average Bonchev–Trinajstić information content (AvgIpc) is 3.01. The van der Waals surface area contributed by atoms with Gasteiger partial charge in [-0.2, -0.15) is 0 Å². The number of nitrogens with zero attached hydrogens (tertiary/aromatic N) is 2. The van der Waals surface area contributed by atoms with Gasteiger partial charge in [0, 0.05) is 27.7 Å². The van der Waals surface area contributed by atoms with Gasteiger partial charge in [0.15, 0.2) is 0 Å². The lowest BCUT2D eigenvalue weighted by Crippen LogP contribution is -2.54. The van der Waals surface area contributed by atoms with E-state index < -0.39 is 28.5 Å². The minimum atomic E-state index is -4.24. The third kappa shape index (κ3) is 8.38. The summed E-state index contributed by atoms with van der Waals surface area (Å²) in [6.07, 6.45) is 5.26. The van der Waals surface area contributed by atoms with Crippen LogP contribution in [0.1, 0.15) is 51.0 Å². The third-order valence-electron chi connectivity index (χ3n) is 7.73. The van der Waals surface area contributed by atoms with E-state index in [0.717, 1.165) is 36.4 Å². The Morgan fingerprint density at radius 3 is 2.16 bits per heavy atom. The van der Waals surface area contributed by atoms with Crippen LogP contribution in [0.4, 0.5) is 5.69 Å². The SMILES string of the molecule is CC[C@@H](C(=O)NC1CCCCC1)N(Cc1ccc(Cl)cc1Cl)C(=O)CN(c1ccc(Cl)cc1)S(=O)(=O)c1ccc(OC)cc1. The molecule has 0 saturated heterocycles. The van der Waals surface area contributed by atoms with E-state index in [1.807, 2.05) is 6.92 Å². The molecule has 1 fully saturated rings. The van der Waals surface area contributed by atoms with Crippen LogP contribution in [0.5, 0.6) is 5.75 Å². The van der Waals surface area contributed by atoms with Crippen LogP contribution in [0, 0.1) is 0 Å². The number of hydrogen-bond acceptors (Lipinski definition) is 5. The summed E-state index contributed by atoms with van der Waals surface area (Å²) in [5.74, 6) is -0.374. The first-order chi connectivity index (χ1) is 21.0. The van der Waals surface area contributed by atoms with Gasteiger partial charge in [0.1, 0.15) is 18.3 Å². The van der Waals surface area contributed by atoms with Crippen molar-refractivity contribution in [1.82, 2.24) is 10.2 Å². The molecular weight excluding hydrogens is 645 g/mol. The van der Waals surface area contributed by atoms with E-state index in [1.54, 1.807) is 30.3 Å². The van der Waals surface area contributed by atoms with Crippen LogP contribution >= 0.6 is 34.8 Å². The predicted octanol–water partition coefficient (Wildman–Crippen LogP) is 7.11. The number of rotatable bonds is 12. The van der Waals surface area contributed by atoms with Crippen LogP contribution in [0.15, 0.2) is 71.6 Å². The van der Waals surface area contributed by atoms with Gasteiger partial charge < -0.3 is 15.0 Å². The first-order valence-corrected chi connectivity index (χ1v) is 17.1. The van der Waals surface area contributed by atoms with Gasteiger partial charge in [0.05, 0.1) is 17.7 Å². The maximum atomic E-state index is 14.3. The fraction of sp³-hybridized carbons (Fsp3) is 0.375. The monoisotopic (exact) mass is 679 g/mol. The lowest BCUT2D eigenvalue weighted by Gasteiger charge is -2.34. The summed E-state index contributed by atoms with van der Waals surface area (Å²) in [4.78, 5) is 29.3. The van der Waals surface area contributed by atoms with Crippen LogP contribution in [0.25, 0.3) is 0 Å². The van der Waals surface area contributed by atoms with Crippen molar-refractivity contribution >= 4 is 62.3 Å². The molecule has 0 unspecified atom stereocenters. The van der Waals surface area contributed by atoms with Gasteiger partial charge in [0.25, 0.3) is 10.0 Å². The van der Waals surface area contributed by atoms with Crippen molar-refractivity contribution < 1.29 is 22.7 Å². The number of amides is 2. The molecule has 0 aromatic heterocycles. The quantitative estimate of drug-likeness (QED) is 0.220. The summed E-state index contributed by atoms with van der Waals surface area (Å²) in [5.41, 5.74) is 0.812. The third-order valence-corrected chi connectivity index (χ3v) is 10.4. The van der Waals surface area contributed by atoms with Gasteiger partial charge in [-0.3, -0.25) is 13.9 Å². The number of carbonyl (C=O) groups is 2. The normalized spacial score (nSPS) is 14.5. The molecule has 0 radical (unpaired) electrons. The molecule has 44 heavy (non-hydrogen) atoms. The van der Waals surface area contributed by atoms with E-state index >= 15 is 0 Å². The van der Waals surface area contributed by atoms with Gasteiger partial charge in [0.2, 0.25) is 11.8 Å². The van der Waals surface area contributed by atoms with Crippen LogP contribution < -0.4 is 14.4 Å². The van der Waals surface area contributed by atoms with Crippen LogP contribution in [0.2, 0.25) is 15.1 Å². The molecular formula is C32H36Cl3N3O5S. The molecule has 12 heteroatoms. The summed E-state index contributed by atoms with van der Waals surface area (Å²) >= 11 is 18.7. The standard InChI is InChI=1S/C32H36Cl3N3O5S/c1-3-30(32(40)36-25-7-5-4-6-8-25)37(20-22-9-10-24(34)19-29(22)35)31(39)21-38(26-13-11-23(33)12-14-26)44(41,42)28-17-15-27(43-2)16-18-28/h9-19,25,30H,3-8,20-21H2,1-2H3,(H,36,40)/t30-/m0/s1. The number of benzene rings is 3. The maximum Gasteiger partial charge on any atom is 0.264 e. The van der Waals surface area contributed by atoms with Gasteiger partial charge >= 0.3 is 0 Å². The topological polar surface area (TPSA) is 96.0 Å². The lowest BCUT2D eigenvalue weighted by atomic mass is 9.95. The van der Waals surface area contributed by atoms with E-state index in [-0.39, 0.29) is 29.1 Å². The molecule has 236 valence electrons. The first-order valence-electron chi connectivity index (χ1n) is 14.5. The Morgan fingerprint density at radius 1 is 0.932 bits per heavy atom. The number of carbonyl (C=O) groups excluding carboxylic acids is 2. The van der Waals surface area contributed by atoms with Crippen LogP contribution in [-0.4, -0.2) is 50.9 Å². The zero-order valence-electron chi connectivity index (χ0n) is 24.6. The van der Waals surface area contributed by atoms with E-state index in [0.29, 0.717) is 32.8 Å². The predicted molar refractivity (Wildman–Crippen MR) is 175 cm³/mol. The Balaban J connectivity index is 1.72. The van der Waals surface area contributed by atoms with E-state index in [1.165, 1.54) is 48.4 Å². The molecule has 0 spiro atoms. The molecule has 1 aliphatic carbocycles. The molecule has 1 atom stereocenters. The van der Waals surface area contributed by atoms with Crippen molar-refractivity contribution in [3.05, 3.63) is 87.4 Å². The number of hydrogen-bond donors (Lipinski definition) is 1. The van der Waals surface area contributed by atoms with Crippen molar-refractivity contribution in [2.45, 2.75) is 69.0 Å². The minimum absolute atomic E-state index is 0.0253. The lowest BCUT2D eigenvalue weighted by molar-refractivity contribution is -0.140. The van der Waals surface area contributed by atoms with Gasteiger partial charge in [-0.15, -0.1) is 0 Å². The highest BCUT2D eigenvalue weighted by molar-refractivity contribution is 7.92. The van der Waals surface area contributed by atoms with Crippen molar-refractivity contribution in [3.63, 3.8) is 0 Å². The van der Waals surface area contributed by atoms with Crippen LogP contribution in [0.3, 0.4) is 0 Å². The highest BCUT2D eigenvalue weighted by Gasteiger charge is 2.34. The number of halogens is 3. The molecule has 1 saturated carbocycles. The fourth-order valence-electron chi connectivity index (χ4n) is 5.31. The molecule has 4 rings (SSSR count). The molecule has 1 aliphatic rings. The van der Waals surface area contributed by atoms with Crippen LogP contribution in [-0.2, 0) is 26.2 Å². The Hall–Kier alpha value is -2.98. The number of sulfonamides is 1. The first kappa shape index (κ1) is 33.9. The zero-order chi connectivity index (χ0) is 31.9. The highest BCUT2D eigenvalue weighted by Crippen LogP contribution is 2.29. The molecule has 0 bridgehead atoms. The highest BCUT2D eigenvalue weighted by atomic mass is 35.5. The molecule has 1 N–H and O–H groups in total. The number of ether oxygens (including phenoxy) is 1. The smallest absolute Gasteiger partial charge is 0.264 e. The average molecular weight is 681 g/mol. The number of nitrogens with one attached hydrogen (secondary N) is 1. The Labute approximate surface area is 274 Å². The Morgan fingerprint density at radius 2 is 1.57 bits per heavy atom. The Kier molecular flexibility index (Phi) is 11.8. The van der Waals surface area contributed by atoms with Crippen molar-refractivity contribution in [3.8, 4) is 5.75 Å². The second-order valence-corrected chi connectivity index (χ2v) is 13.8. The number of anilines is 1.